The minimum atomic E-state index is 0.136. The Labute approximate surface area is 125 Å². The lowest BCUT2D eigenvalue weighted by atomic mass is 10.1. The highest BCUT2D eigenvalue weighted by atomic mass is 16.3. The van der Waals surface area contributed by atoms with Gasteiger partial charge in [-0.1, -0.05) is 31.2 Å². The second kappa shape index (κ2) is 6.10. The standard InChI is InChI=1S/C18H20N2O/c1-3-13-8-9-15(20-12-13)11-16(19-2)18-10-14-6-4-5-7-17(14)21-18/h4-10,12,16,19H,3,11H2,1-2H3. The molecule has 0 aliphatic heterocycles. The van der Waals surface area contributed by atoms with Crippen molar-refractivity contribution < 1.29 is 4.42 Å². The highest BCUT2D eigenvalue weighted by Gasteiger charge is 2.15. The van der Waals surface area contributed by atoms with Crippen molar-refractivity contribution in [2.24, 2.45) is 0 Å². The van der Waals surface area contributed by atoms with Gasteiger partial charge >= 0.3 is 0 Å². The van der Waals surface area contributed by atoms with Gasteiger partial charge in [0, 0.05) is 23.7 Å². The van der Waals surface area contributed by atoms with E-state index >= 15 is 0 Å². The van der Waals surface area contributed by atoms with Gasteiger partial charge in [-0.2, -0.15) is 0 Å². The Morgan fingerprint density at radius 3 is 2.71 bits per heavy atom. The van der Waals surface area contributed by atoms with E-state index < -0.39 is 0 Å². The number of hydrogen-bond acceptors (Lipinski definition) is 3. The smallest absolute Gasteiger partial charge is 0.134 e. The third-order valence-corrected chi connectivity index (χ3v) is 3.84. The minimum Gasteiger partial charge on any atom is -0.459 e. The topological polar surface area (TPSA) is 38.1 Å². The van der Waals surface area contributed by atoms with Crippen LogP contribution < -0.4 is 5.32 Å². The van der Waals surface area contributed by atoms with Crippen LogP contribution in [0.3, 0.4) is 0 Å². The third-order valence-electron chi connectivity index (χ3n) is 3.84. The Bertz CT molecular complexity index is 682. The molecule has 0 amide bonds. The number of aryl methyl sites for hydroxylation is 1. The summed E-state index contributed by atoms with van der Waals surface area (Å²) in [7, 11) is 1.96. The van der Waals surface area contributed by atoms with E-state index in [-0.39, 0.29) is 6.04 Å². The molecule has 3 nitrogen and oxygen atoms in total. The van der Waals surface area contributed by atoms with E-state index in [4.69, 9.17) is 4.42 Å². The molecule has 2 heterocycles. The van der Waals surface area contributed by atoms with Gasteiger partial charge in [0.05, 0.1) is 6.04 Å². The molecule has 3 heteroatoms. The van der Waals surface area contributed by atoms with Gasteiger partial charge in [0.15, 0.2) is 0 Å². The second-order valence-corrected chi connectivity index (χ2v) is 5.24. The molecule has 0 saturated heterocycles. The molecule has 0 radical (unpaired) electrons. The van der Waals surface area contributed by atoms with Crippen molar-refractivity contribution in [1.82, 2.24) is 10.3 Å². The largest absolute Gasteiger partial charge is 0.459 e. The van der Waals surface area contributed by atoms with Gasteiger partial charge in [-0.3, -0.25) is 4.98 Å². The highest BCUT2D eigenvalue weighted by Crippen LogP contribution is 2.25. The van der Waals surface area contributed by atoms with Gasteiger partial charge in [0.2, 0.25) is 0 Å². The monoisotopic (exact) mass is 280 g/mol. The number of para-hydroxylation sites is 1. The lowest BCUT2D eigenvalue weighted by Gasteiger charge is -2.13. The molecule has 2 aromatic heterocycles. The molecular formula is C18H20N2O. The molecule has 0 aliphatic carbocycles. The SMILES string of the molecule is CCc1ccc(CC(NC)c2cc3ccccc3o2)nc1. The normalized spacial score (nSPS) is 12.7. The first-order valence-corrected chi connectivity index (χ1v) is 7.39. The van der Waals surface area contributed by atoms with Gasteiger partial charge in [0.1, 0.15) is 11.3 Å². The number of pyridine rings is 1. The lowest BCUT2D eigenvalue weighted by Crippen LogP contribution is -2.18. The third kappa shape index (κ3) is 2.98. The van der Waals surface area contributed by atoms with E-state index in [1.54, 1.807) is 0 Å². The maximum Gasteiger partial charge on any atom is 0.134 e. The van der Waals surface area contributed by atoms with Crippen molar-refractivity contribution in [3.63, 3.8) is 0 Å². The predicted molar refractivity (Wildman–Crippen MR) is 85.3 cm³/mol. The van der Waals surface area contributed by atoms with E-state index in [1.165, 1.54) is 5.56 Å². The summed E-state index contributed by atoms with van der Waals surface area (Å²) in [5.41, 5.74) is 3.28. The zero-order valence-corrected chi connectivity index (χ0v) is 12.5. The van der Waals surface area contributed by atoms with E-state index in [0.29, 0.717) is 0 Å². The van der Waals surface area contributed by atoms with Crippen LogP contribution in [0.4, 0.5) is 0 Å². The number of nitrogens with zero attached hydrogens (tertiary/aromatic N) is 1. The van der Waals surface area contributed by atoms with E-state index in [2.05, 4.69) is 41.5 Å². The average Bonchev–Trinajstić information content (AvgIpc) is 2.97. The number of furan rings is 1. The van der Waals surface area contributed by atoms with Crippen LogP contribution in [0.25, 0.3) is 11.0 Å². The number of hydrogen-bond donors (Lipinski definition) is 1. The Morgan fingerprint density at radius 1 is 1.19 bits per heavy atom. The first-order chi connectivity index (χ1) is 10.3. The summed E-state index contributed by atoms with van der Waals surface area (Å²) >= 11 is 0. The molecule has 0 saturated carbocycles. The maximum atomic E-state index is 5.95. The summed E-state index contributed by atoms with van der Waals surface area (Å²) in [5, 5.41) is 4.46. The van der Waals surface area contributed by atoms with Crippen molar-refractivity contribution >= 4 is 11.0 Å². The van der Waals surface area contributed by atoms with Gasteiger partial charge in [-0.05, 0) is 37.2 Å². The van der Waals surface area contributed by atoms with Crippen LogP contribution in [-0.2, 0) is 12.8 Å². The van der Waals surface area contributed by atoms with Crippen LogP contribution in [0.5, 0.6) is 0 Å². The second-order valence-electron chi connectivity index (χ2n) is 5.24. The number of fused-ring (bicyclic) bond motifs is 1. The molecule has 1 atom stereocenters. The summed E-state index contributed by atoms with van der Waals surface area (Å²) in [6, 6.07) is 14.6. The first kappa shape index (κ1) is 13.8. The molecule has 1 unspecified atom stereocenters. The van der Waals surface area contributed by atoms with Crippen molar-refractivity contribution in [1.29, 1.82) is 0 Å². The van der Waals surface area contributed by atoms with Crippen LogP contribution in [0.15, 0.2) is 53.1 Å². The summed E-state index contributed by atoms with van der Waals surface area (Å²) in [5.74, 6) is 0.958. The van der Waals surface area contributed by atoms with Crippen LogP contribution in [0.2, 0.25) is 0 Å². The van der Waals surface area contributed by atoms with Crippen LogP contribution in [0, 0.1) is 0 Å². The molecule has 0 spiro atoms. The van der Waals surface area contributed by atoms with Crippen molar-refractivity contribution in [2.75, 3.05) is 7.05 Å². The molecule has 1 aromatic carbocycles. The Hall–Kier alpha value is -2.13. The predicted octanol–water partition coefficient (Wildman–Crippen LogP) is 3.89. The molecule has 0 fully saturated rings. The summed E-state index contributed by atoms with van der Waals surface area (Å²) in [6.45, 7) is 2.14. The molecule has 21 heavy (non-hydrogen) atoms. The van der Waals surface area contributed by atoms with Gasteiger partial charge in [-0.15, -0.1) is 0 Å². The van der Waals surface area contributed by atoms with Crippen molar-refractivity contribution in [3.05, 3.63) is 65.7 Å². The molecule has 0 aliphatic rings. The van der Waals surface area contributed by atoms with Crippen LogP contribution in [-0.4, -0.2) is 12.0 Å². The fourth-order valence-corrected chi connectivity index (χ4v) is 2.51. The lowest BCUT2D eigenvalue weighted by molar-refractivity contribution is 0.448. The fourth-order valence-electron chi connectivity index (χ4n) is 2.51. The molecule has 108 valence electrons. The number of aromatic nitrogens is 1. The van der Waals surface area contributed by atoms with E-state index in [9.17, 15) is 0 Å². The van der Waals surface area contributed by atoms with Gasteiger partial charge < -0.3 is 9.73 Å². The zero-order valence-electron chi connectivity index (χ0n) is 12.5. The van der Waals surface area contributed by atoms with Crippen molar-refractivity contribution in [3.8, 4) is 0 Å². The highest BCUT2D eigenvalue weighted by molar-refractivity contribution is 5.77. The minimum absolute atomic E-state index is 0.136. The number of likely N-dealkylation sites (N-methyl/N-ethyl adjacent to an activating group) is 1. The molecular weight excluding hydrogens is 260 g/mol. The Kier molecular flexibility index (Phi) is 4.02. The van der Waals surface area contributed by atoms with Gasteiger partial charge in [-0.25, -0.2) is 0 Å². The van der Waals surface area contributed by atoms with Gasteiger partial charge in [0.25, 0.3) is 0 Å². The van der Waals surface area contributed by atoms with Crippen LogP contribution in [0.1, 0.15) is 30.0 Å². The van der Waals surface area contributed by atoms with Crippen LogP contribution >= 0.6 is 0 Å². The molecule has 1 N–H and O–H groups in total. The first-order valence-electron chi connectivity index (χ1n) is 7.39. The fraction of sp³-hybridized carbons (Fsp3) is 0.278. The van der Waals surface area contributed by atoms with E-state index in [0.717, 1.165) is 35.3 Å². The Balaban J connectivity index is 1.83. The molecule has 0 bridgehead atoms. The molecule has 3 rings (SSSR count). The number of rotatable bonds is 5. The maximum absolute atomic E-state index is 5.95. The zero-order chi connectivity index (χ0) is 14.7. The van der Waals surface area contributed by atoms with E-state index in [1.807, 2.05) is 31.4 Å². The summed E-state index contributed by atoms with van der Waals surface area (Å²) in [6.07, 6.45) is 3.80. The summed E-state index contributed by atoms with van der Waals surface area (Å²) < 4.78 is 5.95. The number of benzene rings is 1. The Morgan fingerprint density at radius 2 is 2.05 bits per heavy atom. The summed E-state index contributed by atoms with van der Waals surface area (Å²) in [4.78, 5) is 4.54. The number of nitrogens with one attached hydrogen (secondary N) is 1. The molecule has 3 aromatic rings. The quantitative estimate of drug-likeness (QED) is 0.770. The van der Waals surface area contributed by atoms with Crippen molar-refractivity contribution in [2.45, 2.75) is 25.8 Å². The average molecular weight is 280 g/mol.